The molecule has 136 heavy (non-hydrogen) atoms. The Bertz CT molecular complexity index is 9610. The van der Waals surface area contributed by atoms with Crippen LogP contribution in [0.5, 0.6) is 0 Å². The number of rotatable bonds is 13. The van der Waals surface area contributed by atoms with E-state index in [0.717, 1.165) is 34.1 Å². The molecule has 22 aromatic carbocycles. The maximum atomic E-state index is 2.46. The van der Waals surface area contributed by atoms with Crippen LogP contribution in [-0.2, 0) is 0 Å². The van der Waals surface area contributed by atoms with E-state index in [1.165, 1.54) is 219 Å². The molecule has 0 saturated heterocycles. The molecule has 0 atom stereocenters. The Hall–Kier alpha value is -18.1. The molecule has 6 heteroatoms. The first-order valence-electron chi connectivity index (χ1n) is 46.8. The van der Waals surface area contributed by atoms with Crippen LogP contribution in [0.4, 0.5) is 0 Å². The van der Waals surface area contributed by atoms with Crippen LogP contribution in [0.25, 0.3) is 254 Å². The topological polar surface area (TPSA) is 29.6 Å². The van der Waals surface area contributed by atoms with Gasteiger partial charge in [-0.1, -0.05) is 340 Å². The minimum absolute atomic E-state index is 1.13. The van der Waals surface area contributed by atoms with Gasteiger partial charge in [-0.2, -0.15) is 0 Å². The molecular formula is C130H84N6. The van der Waals surface area contributed by atoms with E-state index in [0.29, 0.717) is 0 Å². The van der Waals surface area contributed by atoms with Crippen LogP contribution < -0.4 is 0 Å². The molecule has 6 heterocycles. The smallest absolute Gasteiger partial charge is 0.0562 e. The first kappa shape index (κ1) is 77.8. The van der Waals surface area contributed by atoms with E-state index < -0.39 is 0 Å². The minimum Gasteiger partial charge on any atom is -0.309 e. The lowest BCUT2D eigenvalue weighted by molar-refractivity contribution is 1.16. The summed E-state index contributed by atoms with van der Waals surface area (Å²) in [6.07, 6.45) is 0. The molecule has 0 aliphatic carbocycles. The molecule has 634 valence electrons. The number of aromatic nitrogens is 6. The Morgan fingerprint density at radius 2 is 0.294 bits per heavy atom. The second-order valence-corrected chi connectivity index (χ2v) is 35.9. The van der Waals surface area contributed by atoms with Gasteiger partial charge in [0.25, 0.3) is 0 Å². The molecule has 6 nitrogen and oxygen atoms in total. The summed E-state index contributed by atoms with van der Waals surface area (Å²) in [6, 6.07) is 187. The molecule has 0 unspecified atom stereocenters. The van der Waals surface area contributed by atoms with Crippen molar-refractivity contribution in [3.8, 4) is 112 Å². The van der Waals surface area contributed by atoms with Crippen molar-refractivity contribution in [1.29, 1.82) is 0 Å². The van der Waals surface area contributed by atoms with Crippen LogP contribution in [0.2, 0.25) is 0 Å². The molecule has 0 aliphatic rings. The van der Waals surface area contributed by atoms with Crippen LogP contribution in [0, 0.1) is 0 Å². The maximum absolute atomic E-state index is 2.46. The largest absolute Gasteiger partial charge is 0.309 e. The van der Waals surface area contributed by atoms with E-state index in [1.54, 1.807) is 0 Å². The van der Waals surface area contributed by atoms with E-state index in [1.807, 2.05) is 0 Å². The number of para-hydroxylation sites is 4. The van der Waals surface area contributed by atoms with Crippen molar-refractivity contribution < 1.29 is 0 Å². The molecule has 0 amide bonds. The number of hydrogen-bond donors (Lipinski definition) is 0. The van der Waals surface area contributed by atoms with E-state index in [2.05, 4.69) is 537 Å². The Labute approximate surface area is 785 Å². The monoisotopic (exact) mass is 1730 g/mol. The number of nitrogens with zero attached hydrogens (tertiary/aromatic N) is 6. The van der Waals surface area contributed by atoms with E-state index in [4.69, 9.17) is 0 Å². The lowest BCUT2D eigenvalue weighted by Gasteiger charge is -2.12. The fourth-order valence-electron chi connectivity index (χ4n) is 21.8. The Balaban J connectivity index is 0.000000138. The zero-order valence-electron chi connectivity index (χ0n) is 74.2. The van der Waals surface area contributed by atoms with Crippen molar-refractivity contribution in [1.82, 2.24) is 27.4 Å². The third kappa shape index (κ3) is 12.9. The van der Waals surface area contributed by atoms with Gasteiger partial charge in [-0.05, 0) is 259 Å². The lowest BCUT2D eigenvalue weighted by Crippen LogP contribution is -1.96. The van der Waals surface area contributed by atoms with Crippen LogP contribution in [-0.4, -0.2) is 27.4 Å². The summed E-state index contributed by atoms with van der Waals surface area (Å²) in [5.74, 6) is 0. The Morgan fingerprint density at radius 3 is 0.625 bits per heavy atom. The van der Waals surface area contributed by atoms with Crippen molar-refractivity contribution in [2.75, 3.05) is 0 Å². The second-order valence-electron chi connectivity index (χ2n) is 35.9. The molecule has 0 radical (unpaired) electrons. The fraction of sp³-hybridized carbons (Fsp3) is 0. The van der Waals surface area contributed by atoms with Crippen molar-refractivity contribution in [2.24, 2.45) is 0 Å². The van der Waals surface area contributed by atoms with E-state index in [-0.39, 0.29) is 0 Å². The maximum Gasteiger partial charge on any atom is 0.0562 e. The SMILES string of the molecule is c1ccc(-c2ccc(-n3c4ccc(-c5ccc6c(c5)c5ccccc5n6-c5cccc(-c6ccccc6)c5)cc4c4cc5c6ccccc6n(-c6ccc7ccccc7c6)c5cc43)cc2)cc1.c1ccc(-c2ccc(-n3c4ccccc4c4cc5c6cc(-c7ccc8c(c7)c7ccccc7n8-c7cccc(-c8ccccc8)c7)ccc6n(-c6ccc(-c7ccccc7)cc6)c5cc43)cc2)cc1. The summed E-state index contributed by atoms with van der Waals surface area (Å²) in [4.78, 5) is 0. The molecule has 28 rings (SSSR count). The number of fused-ring (bicyclic) bond motifs is 19. The molecule has 0 saturated carbocycles. The van der Waals surface area contributed by atoms with Gasteiger partial charge in [-0.25, -0.2) is 0 Å². The van der Waals surface area contributed by atoms with Crippen molar-refractivity contribution >= 4 is 142 Å². The summed E-state index contributed by atoms with van der Waals surface area (Å²) < 4.78 is 14.6. The van der Waals surface area contributed by atoms with Crippen LogP contribution in [0.1, 0.15) is 0 Å². The van der Waals surface area contributed by atoms with E-state index in [9.17, 15) is 0 Å². The van der Waals surface area contributed by atoms with Gasteiger partial charge in [0.05, 0.1) is 66.2 Å². The highest BCUT2D eigenvalue weighted by molar-refractivity contribution is 6.23. The summed E-state index contributed by atoms with van der Waals surface area (Å²) in [6.45, 7) is 0. The van der Waals surface area contributed by atoms with Gasteiger partial charge in [-0.15, -0.1) is 0 Å². The van der Waals surface area contributed by atoms with Crippen molar-refractivity contribution in [2.45, 2.75) is 0 Å². The van der Waals surface area contributed by atoms with Crippen LogP contribution in [0.3, 0.4) is 0 Å². The molecule has 0 spiro atoms. The van der Waals surface area contributed by atoms with Gasteiger partial charge >= 0.3 is 0 Å². The van der Waals surface area contributed by atoms with Gasteiger partial charge in [0.2, 0.25) is 0 Å². The number of hydrogen-bond acceptors (Lipinski definition) is 0. The van der Waals surface area contributed by atoms with Crippen LogP contribution >= 0.6 is 0 Å². The zero-order chi connectivity index (χ0) is 89.4. The van der Waals surface area contributed by atoms with Gasteiger partial charge < -0.3 is 27.4 Å². The first-order chi connectivity index (χ1) is 67.4. The van der Waals surface area contributed by atoms with Crippen LogP contribution in [0.15, 0.2) is 510 Å². The molecule has 28 aromatic rings. The molecule has 0 N–H and O–H groups in total. The third-order valence-electron chi connectivity index (χ3n) is 28.2. The minimum atomic E-state index is 1.13. The summed E-state index contributed by atoms with van der Waals surface area (Å²) in [5, 5.41) is 17.3. The standard InChI is InChI=1S/C66H43N3.C64H41N3/c1-4-15-44(16-5-1)47-27-33-52(34-28-47)67-61-25-12-11-24-56(61)59-42-60-58-41-51(32-38-64(58)68(66(60)43-65(59)67)53-35-29-48(30-36-53)45-17-6-2-7-18-45)50-31-37-63-57(40-50)55-23-10-13-26-62(55)69(63)54-22-14-21-49(39-54)46-19-8-3-9-20-46;1-3-14-42(15-4-1)45-26-31-50(32-27-45)65-62-35-30-49(48-29-34-61-55(38-48)53-22-9-11-24-59(53)66(61)51-21-13-20-47(36-51)43-16-5-2-6-17-43)39-56(62)58-40-57-54-23-10-12-25-60(54)67(63(57)41-64(58)65)52-33-28-44-18-7-8-19-46(44)37-52/h1-43H;1-41H. The zero-order valence-corrected chi connectivity index (χ0v) is 74.2. The molecule has 0 fully saturated rings. The summed E-state index contributed by atoms with van der Waals surface area (Å²) in [5.41, 5.74) is 37.9. The normalized spacial score (nSPS) is 11.8. The highest BCUT2D eigenvalue weighted by atomic mass is 15.0. The van der Waals surface area contributed by atoms with Crippen molar-refractivity contribution in [3.05, 3.63) is 510 Å². The average molecular weight is 1730 g/mol. The molecule has 6 aromatic heterocycles. The third-order valence-corrected chi connectivity index (χ3v) is 28.2. The molecule has 0 aliphatic heterocycles. The number of benzene rings is 22. The lowest BCUT2D eigenvalue weighted by atomic mass is 10.00. The Morgan fingerprint density at radius 1 is 0.0882 bits per heavy atom. The van der Waals surface area contributed by atoms with Crippen molar-refractivity contribution in [3.63, 3.8) is 0 Å². The summed E-state index contributed by atoms with van der Waals surface area (Å²) >= 11 is 0. The fourth-order valence-corrected chi connectivity index (χ4v) is 21.8. The Kier molecular flexibility index (Phi) is 18.2. The van der Waals surface area contributed by atoms with Gasteiger partial charge in [0, 0.05) is 98.8 Å². The van der Waals surface area contributed by atoms with Gasteiger partial charge in [0.15, 0.2) is 0 Å². The van der Waals surface area contributed by atoms with Gasteiger partial charge in [0.1, 0.15) is 0 Å². The predicted octanol–water partition coefficient (Wildman–Crippen LogP) is 34.8. The second kappa shape index (κ2) is 31.9. The predicted molar refractivity (Wildman–Crippen MR) is 574 cm³/mol. The quantitative estimate of drug-likeness (QED) is 0.110. The van der Waals surface area contributed by atoms with Gasteiger partial charge in [-0.3, -0.25) is 0 Å². The summed E-state index contributed by atoms with van der Waals surface area (Å²) in [7, 11) is 0. The van der Waals surface area contributed by atoms with E-state index >= 15 is 0 Å². The first-order valence-corrected chi connectivity index (χ1v) is 46.8. The molecule has 0 bridgehead atoms. The molecular weight excluding hydrogens is 1650 g/mol. The average Bonchev–Trinajstić information content (AvgIpc) is 1.55. The highest BCUT2D eigenvalue weighted by Gasteiger charge is 2.25. The highest BCUT2D eigenvalue weighted by Crippen LogP contribution is 2.47.